The van der Waals surface area contributed by atoms with Crippen molar-refractivity contribution >= 4 is 41.0 Å². The minimum Gasteiger partial charge on any atom is -0.457 e. The number of nitrogens with zero attached hydrogens (tertiary/aromatic N) is 3. The number of hydrogen-bond acceptors (Lipinski definition) is 6. The number of amides is 4. The molecule has 0 saturated carbocycles. The number of anilines is 2. The van der Waals surface area contributed by atoms with Crippen molar-refractivity contribution in [3.05, 3.63) is 84.6 Å². The fourth-order valence-electron chi connectivity index (χ4n) is 5.54. The Morgan fingerprint density at radius 2 is 1.98 bits per heavy atom. The number of pyridine rings is 1. The molecule has 3 aromatic rings. The maximum atomic E-state index is 13.6. The van der Waals surface area contributed by atoms with E-state index in [2.05, 4.69) is 22.2 Å². The van der Waals surface area contributed by atoms with Crippen LogP contribution in [0.2, 0.25) is 0 Å². The lowest BCUT2D eigenvalue weighted by Crippen LogP contribution is -2.53. The standard InChI is InChI=1S/C30H29N5O4S/c1-3-24(36)34-15-7-8-19(17-34)32-28(37)27-26-25-23(13-14-31-29(25)40-27)35(30(38)33-26)22-12-11-21(16-18(22)2)39-20-9-5-4-6-10-20/h3-6,9-14,16,19,26-27H,1,7-8,15,17H2,2H3,(H,32,37)(H,33,38)/t19?,26?,27-/m1/s1. The van der Waals surface area contributed by atoms with Crippen LogP contribution in [0.25, 0.3) is 0 Å². The zero-order valence-electron chi connectivity index (χ0n) is 22.0. The molecule has 3 aliphatic rings. The molecule has 4 heterocycles. The van der Waals surface area contributed by atoms with Crippen LogP contribution >= 0.6 is 11.8 Å². The van der Waals surface area contributed by atoms with Gasteiger partial charge in [-0.25, -0.2) is 9.78 Å². The number of para-hydroxylation sites is 1. The lowest BCUT2D eigenvalue weighted by Gasteiger charge is -2.36. The third-order valence-electron chi connectivity index (χ3n) is 7.41. The van der Waals surface area contributed by atoms with Gasteiger partial charge >= 0.3 is 6.03 Å². The molecule has 0 bridgehead atoms. The third kappa shape index (κ3) is 4.79. The van der Waals surface area contributed by atoms with Gasteiger partial charge in [-0.3, -0.25) is 14.5 Å². The molecule has 2 unspecified atom stereocenters. The molecule has 4 amide bonds. The summed E-state index contributed by atoms with van der Waals surface area (Å²) < 4.78 is 5.97. The van der Waals surface area contributed by atoms with Gasteiger partial charge in [0.25, 0.3) is 0 Å². The molecule has 0 radical (unpaired) electrons. The van der Waals surface area contributed by atoms with Crippen LogP contribution in [0.15, 0.2) is 78.5 Å². The Bertz CT molecular complexity index is 1500. The van der Waals surface area contributed by atoms with Gasteiger partial charge < -0.3 is 20.3 Å². The summed E-state index contributed by atoms with van der Waals surface area (Å²) in [5.74, 6) is 1.09. The summed E-state index contributed by atoms with van der Waals surface area (Å²) in [5.41, 5.74) is 3.13. The van der Waals surface area contributed by atoms with Gasteiger partial charge in [0.2, 0.25) is 11.8 Å². The van der Waals surface area contributed by atoms with E-state index in [0.29, 0.717) is 24.5 Å². The van der Waals surface area contributed by atoms with E-state index >= 15 is 0 Å². The lowest BCUT2D eigenvalue weighted by molar-refractivity contribution is -0.129. The molecular weight excluding hydrogens is 526 g/mol. The average molecular weight is 556 g/mol. The first-order valence-corrected chi connectivity index (χ1v) is 14.1. The molecule has 1 saturated heterocycles. The molecule has 9 nitrogen and oxygen atoms in total. The highest BCUT2D eigenvalue weighted by Gasteiger charge is 2.47. The summed E-state index contributed by atoms with van der Waals surface area (Å²) in [5, 5.41) is 6.33. The molecular formula is C30H29N5O4S. The van der Waals surface area contributed by atoms with E-state index in [1.54, 1.807) is 16.0 Å². The number of ether oxygens (including phenoxy) is 1. The van der Waals surface area contributed by atoms with Crippen molar-refractivity contribution in [1.82, 2.24) is 20.5 Å². The van der Waals surface area contributed by atoms with E-state index in [1.165, 1.54) is 17.8 Å². The van der Waals surface area contributed by atoms with E-state index in [1.807, 2.05) is 61.5 Å². The van der Waals surface area contributed by atoms with Gasteiger partial charge in [0.05, 0.1) is 17.4 Å². The second kappa shape index (κ2) is 10.7. The van der Waals surface area contributed by atoms with Gasteiger partial charge in [-0.1, -0.05) is 36.5 Å². The van der Waals surface area contributed by atoms with Gasteiger partial charge in [0, 0.05) is 30.9 Å². The Labute approximate surface area is 236 Å². The number of rotatable bonds is 6. The number of aryl methyl sites for hydroxylation is 1. The normalized spacial score (nSPS) is 21.3. The van der Waals surface area contributed by atoms with Crippen molar-refractivity contribution in [2.24, 2.45) is 0 Å². The van der Waals surface area contributed by atoms with Gasteiger partial charge in [0.15, 0.2) is 0 Å². The molecule has 2 aromatic carbocycles. The SMILES string of the molecule is C=CC(=O)N1CCCC(NC(=O)[C@@H]2Sc3nccc4c3C2NC(=O)N4c2ccc(Oc3ccccc3)cc2C)C1. The number of benzene rings is 2. The fourth-order valence-corrected chi connectivity index (χ4v) is 6.77. The van der Waals surface area contributed by atoms with E-state index in [-0.39, 0.29) is 23.9 Å². The number of urea groups is 1. The van der Waals surface area contributed by atoms with Crippen LogP contribution < -0.4 is 20.3 Å². The number of carbonyl (C=O) groups excluding carboxylic acids is 3. The van der Waals surface area contributed by atoms with E-state index in [9.17, 15) is 14.4 Å². The monoisotopic (exact) mass is 555 g/mol. The Hall–Kier alpha value is -4.31. The summed E-state index contributed by atoms with van der Waals surface area (Å²) in [6.45, 7) is 6.60. The Morgan fingerprint density at radius 3 is 2.75 bits per heavy atom. The molecule has 3 aliphatic heterocycles. The van der Waals surface area contributed by atoms with Crippen LogP contribution in [0.1, 0.15) is 30.0 Å². The van der Waals surface area contributed by atoms with Crippen LogP contribution in [0.5, 0.6) is 11.5 Å². The van der Waals surface area contributed by atoms with Gasteiger partial charge in [0.1, 0.15) is 21.8 Å². The first kappa shape index (κ1) is 25.9. The van der Waals surface area contributed by atoms with Crippen molar-refractivity contribution in [3.63, 3.8) is 0 Å². The highest BCUT2D eigenvalue weighted by molar-refractivity contribution is 8.01. The molecule has 0 spiro atoms. The van der Waals surface area contributed by atoms with E-state index in [0.717, 1.165) is 40.4 Å². The summed E-state index contributed by atoms with van der Waals surface area (Å²) in [6.07, 6.45) is 4.56. The minimum atomic E-state index is -0.567. The zero-order valence-corrected chi connectivity index (χ0v) is 22.8. The van der Waals surface area contributed by atoms with E-state index < -0.39 is 11.3 Å². The van der Waals surface area contributed by atoms with E-state index in [4.69, 9.17) is 4.74 Å². The maximum Gasteiger partial charge on any atom is 0.327 e. The largest absolute Gasteiger partial charge is 0.457 e. The predicted molar refractivity (Wildman–Crippen MR) is 153 cm³/mol. The predicted octanol–water partition coefficient (Wildman–Crippen LogP) is 4.85. The summed E-state index contributed by atoms with van der Waals surface area (Å²) in [6, 6.07) is 16.0. The van der Waals surface area contributed by atoms with Crippen LogP contribution in [-0.4, -0.2) is 52.1 Å². The topological polar surface area (TPSA) is 104 Å². The summed E-state index contributed by atoms with van der Waals surface area (Å²) in [7, 11) is 0. The Kier molecular flexibility index (Phi) is 6.93. The molecule has 40 heavy (non-hydrogen) atoms. The first-order valence-electron chi connectivity index (χ1n) is 13.2. The number of aromatic nitrogens is 1. The van der Waals surface area contributed by atoms with Crippen molar-refractivity contribution in [2.75, 3.05) is 18.0 Å². The minimum absolute atomic E-state index is 0.134. The van der Waals surface area contributed by atoms with Crippen LogP contribution in [0, 0.1) is 6.92 Å². The molecule has 3 atom stereocenters. The summed E-state index contributed by atoms with van der Waals surface area (Å²) >= 11 is 1.36. The number of carbonyl (C=O) groups is 3. The molecule has 1 aromatic heterocycles. The van der Waals surface area contributed by atoms with Crippen LogP contribution in [0.4, 0.5) is 16.2 Å². The van der Waals surface area contributed by atoms with Gasteiger partial charge in [-0.2, -0.15) is 0 Å². The molecule has 6 rings (SSSR count). The number of thioether (sulfide) groups is 1. The second-order valence-electron chi connectivity index (χ2n) is 10.0. The van der Waals surface area contributed by atoms with Crippen LogP contribution in [-0.2, 0) is 9.59 Å². The molecule has 2 N–H and O–H groups in total. The number of nitrogens with one attached hydrogen (secondary N) is 2. The maximum absolute atomic E-state index is 13.6. The van der Waals surface area contributed by atoms with Crippen molar-refractivity contribution < 1.29 is 19.1 Å². The summed E-state index contributed by atoms with van der Waals surface area (Å²) in [4.78, 5) is 47.0. The molecule has 10 heteroatoms. The van der Waals surface area contributed by atoms with Crippen molar-refractivity contribution in [1.29, 1.82) is 0 Å². The smallest absolute Gasteiger partial charge is 0.327 e. The number of piperidine rings is 1. The van der Waals surface area contributed by atoms with Crippen molar-refractivity contribution in [3.8, 4) is 11.5 Å². The molecule has 204 valence electrons. The van der Waals surface area contributed by atoms with Gasteiger partial charge in [-0.05, 0) is 67.8 Å². The number of likely N-dealkylation sites (tertiary alicyclic amines) is 1. The lowest BCUT2D eigenvalue weighted by atomic mass is 9.98. The molecule has 0 aliphatic carbocycles. The fraction of sp³-hybridized carbons (Fsp3) is 0.267. The van der Waals surface area contributed by atoms with Crippen LogP contribution in [0.3, 0.4) is 0 Å². The second-order valence-corrected chi connectivity index (χ2v) is 11.2. The highest BCUT2D eigenvalue weighted by Crippen LogP contribution is 2.51. The Balaban J connectivity index is 1.23. The highest BCUT2D eigenvalue weighted by atomic mass is 32.2. The van der Waals surface area contributed by atoms with Gasteiger partial charge in [-0.15, -0.1) is 0 Å². The molecule has 1 fully saturated rings. The van der Waals surface area contributed by atoms with Crippen molar-refractivity contribution in [2.45, 2.75) is 42.1 Å². The Morgan fingerprint density at radius 1 is 1.15 bits per heavy atom. The third-order valence-corrected chi connectivity index (χ3v) is 8.70. The average Bonchev–Trinajstić information content (AvgIpc) is 3.33. The first-order chi connectivity index (χ1) is 19.4. The quantitative estimate of drug-likeness (QED) is 0.422. The number of hydrogen-bond donors (Lipinski definition) is 2. The zero-order chi connectivity index (χ0) is 27.8.